The highest BCUT2D eigenvalue weighted by atomic mass is 19.2. The van der Waals surface area contributed by atoms with Gasteiger partial charge in [-0.25, -0.2) is 13.2 Å². The normalized spacial score (nSPS) is 14.7. The average Bonchev–Trinajstić information content (AvgIpc) is 2.43. The number of likely N-dealkylation sites (N-methyl/N-ethyl adjacent to an activating group) is 1. The number of hydrogen-bond acceptors (Lipinski definition) is 6. The van der Waals surface area contributed by atoms with Gasteiger partial charge in [0.15, 0.2) is 17.5 Å². The third-order valence-electron chi connectivity index (χ3n) is 3.60. The highest BCUT2D eigenvalue weighted by Gasteiger charge is 2.26. The summed E-state index contributed by atoms with van der Waals surface area (Å²) in [4.78, 5) is 10.1. The fourth-order valence-electron chi connectivity index (χ4n) is 2.30. The van der Waals surface area contributed by atoms with Gasteiger partial charge in [0.1, 0.15) is 11.6 Å². The van der Waals surface area contributed by atoms with E-state index in [1.54, 1.807) is 6.07 Å². The highest BCUT2D eigenvalue weighted by molar-refractivity contribution is 5.62. The molecular weight excluding hydrogens is 309 g/mol. The quantitative estimate of drug-likeness (QED) is 0.742. The molecule has 1 aromatic heterocycles. The zero-order valence-electron chi connectivity index (χ0n) is 12.3. The monoisotopic (exact) mass is 324 g/mol. The first-order valence-corrected chi connectivity index (χ1v) is 6.94. The molecule has 6 nitrogen and oxygen atoms in total. The van der Waals surface area contributed by atoms with E-state index in [4.69, 9.17) is 5.73 Å². The first-order valence-electron chi connectivity index (χ1n) is 6.94. The predicted molar refractivity (Wildman–Crippen MR) is 81.1 cm³/mol. The summed E-state index contributed by atoms with van der Waals surface area (Å²) < 4.78 is 39.5. The predicted octanol–water partition coefficient (Wildman–Crippen LogP) is 1.63. The molecule has 1 saturated heterocycles. The lowest BCUT2D eigenvalue weighted by molar-refractivity contribution is 0.447. The summed E-state index contributed by atoms with van der Waals surface area (Å²) in [6.07, 6.45) is 0. The van der Waals surface area contributed by atoms with Crippen molar-refractivity contribution < 1.29 is 13.2 Å². The van der Waals surface area contributed by atoms with Crippen molar-refractivity contribution in [3.05, 3.63) is 35.7 Å². The molecule has 4 N–H and O–H groups in total. The molecule has 0 amide bonds. The number of nitrogens with two attached hydrogens (primary N) is 1. The van der Waals surface area contributed by atoms with E-state index >= 15 is 0 Å². The minimum Gasteiger partial charge on any atom is -0.368 e. The van der Waals surface area contributed by atoms with Gasteiger partial charge < -0.3 is 21.3 Å². The van der Waals surface area contributed by atoms with Gasteiger partial charge in [-0.3, -0.25) is 0 Å². The third kappa shape index (κ3) is 3.14. The van der Waals surface area contributed by atoms with Gasteiger partial charge in [0.2, 0.25) is 5.95 Å². The number of hydrogen-bond donors (Lipinski definition) is 3. The lowest BCUT2D eigenvalue weighted by Gasteiger charge is -2.40. The van der Waals surface area contributed by atoms with Crippen molar-refractivity contribution in [1.82, 2.24) is 15.3 Å². The highest BCUT2D eigenvalue weighted by Crippen LogP contribution is 2.25. The fourth-order valence-corrected chi connectivity index (χ4v) is 2.30. The SMILES string of the molecule is CNC1CN(c2cc(Nc3cc(F)c(F)c(F)c3)nc(N)n2)C1. The maximum atomic E-state index is 13.2. The number of rotatable bonds is 4. The standard InChI is InChI=1S/C14H15F3N6/c1-19-8-5-23(6-8)12-4-11(21-14(18)22-12)20-7-2-9(15)13(17)10(16)3-7/h2-4,8,19H,5-6H2,1H3,(H3,18,20,21,22). The number of nitrogen functional groups attached to an aromatic ring is 1. The number of benzene rings is 1. The van der Waals surface area contributed by atoms with Gasteiger partial charge in [-0.15, -0.1) is 0 Å². The largest absolute Gasteiger partial charge is 0.368 e. The van der Waals surface area contributed by atoms with Gasteiger partial charge in [0, 0.05) is 43.0 Å². The lowest BCUT2D eigenvalue weighted by atomic mass is 10.1. The molecule has 0 atom stereocenters. The van der Waals surface area contributed by atoms with E-state index in [0.717, 1.165) is 25.2 Å². The van der Waals surface area contributed by atoms with Crippen molar-refractivity contribution in [3.8, 4) is 0 Å². The van der Waals surface area contributed by atoms with Crippen molar-refractivity contribution in [2.75, 3.05) is 36.1 Å². The van der Waals surface area contributed by atoms with Crippen LogP contribution in [0.15, 0.2) is 18.2 Å². The number of nitrogens with zero attached hydrogens (tertiary/aromatic N) is 3. The van der Waals surface area contributed by atoms with E-state index in [9.17, 15) is 13.2 Å². The van der Waals surface area contributed by atoms with Crippen molar-refractivity contribution in [1.29, 1.82) is 0 Å². The molecule has 122 valence electrons. The van der Waals surface area contributed by atoms with Crippen molar-refractivity contribution in [2.24, 2.45) is 0 Å². The van der Waals surface area contributed by atoms with Crippen LogP contribution < -0.4 is 21.3 Å². The van der Waals surface area contributed by atoms with Gasteiger partial charge in [-0.05, 0) is 7.05 Å². The van der Waals surface area contributed by atoms with Crippen LogP contribution in [0.2, 0.25) is 0 Å². The molecule has 0 bridgehead atoms. The molecule has 2 aromatic rings. The van der Waals surface area contributed by atoms with Crippen LogP contribution in [0.3, 0.4) is 0 Å². The van der Waals surface area contributed by atoms with E-state index in [2.05, 4.69) is 20.6 Å². The van der Waals surface area contributed by atoms with Gasteiger partial charge >= 0.3 is 0 Å². The Morgan fingerprint density at radius 2 is 1.78 bits per heavy atom. The summed E-state index contributed by atoms with van der Waals surface area (Å²) in [6, 6.07) is 3.68. The topological polar surface area (TPSA) is 79.1 Å². The number of nitrogens with one attached hydrogen (secondary N) is 2. The van der Waals surface area contributed by atoms with Crippen LogP contribution >= 0.6 is 0 Å². The van der Waals surface area contributed by atoms with E-state index in [1.807, 2.05) is 11.9 Å². The van der Waals surface area contributed by atoms with Gasteiger partial charge in [0.25, 0.3) is 0 Å². The van der Waals surface area contributed by atoms with Crippen LogP contribution in [0.1, 0.15) is 0 Å². The Morgan fingerprint density at radius 3 is 2.39 bits per heavy atom. The van der Waals surface area contributed by atoms with Crippen LogP contribution in [0.4, 0.5) is 36.4 Å². The second-order valence-electron chi connectivity index (χ2n) is 5.24. The maximum Gasteiger partial charge on any atom is 0.223 e. The fraction of sp³-hybridized carbons (Fsp3) is 0.286. The Balaban J connectivity index is 1.82. The van der Waals surface area contributed by atoms with Crippen molar-refractivity contribution >= 4 is 23.3 Å². The summed E-state index contributed by atoms with van der Waals surface area (Å²) in [6.45, 7) is 1.54. The third-order valence-corrected chi connectivity index (χ3v) is 3.60. The number of aromatic nitrogens is 2. The second-order valence-corrected chi connectivity index (χ2v) is 5.24. The van der Waals surface area contributed by atoms with Crippen molar-refractivity contribution in [3.63, 3.8) is 0 Å². The zero-order chi connectivity index (χ0) is 16.6. The summed E-state index contributed by atoms with van der Waals surface area (Å²) >= 11 is 0. The molecule has 0 saturated carbocycles. The minimum atomic E-state index is -1.52. The Kier molecular flexibility index (Phi) is 3.95. The molecule has 0 unspecified atom stereocenters. The van der Waals surface area contributed by atoms with Gasteiger partial charge in [-0.1, -0.05) is 0 Å². The molecule has 9 heteroatoms. The zero-order valence-corrected chi connectivity index (χ0v) is 12.3. The molecule has 1 fully saturated rings. The van der Waals surface area contributed by atoms with Crippen LogP contribution in [-0.2, 0) is 0 Å². The number of halogens is 3. The molecule has 1 aromatic carbocycles. The Morgan fingerprint density at radius 1 is 1.13 bits per heavy atom. The van der Waals surface area contributed by atoms with E-state index in [-0.39, 0.29) is 17.5 Å². The van der Waals surface area contributed by atoms with Gasteiger partial charge in [-0.2, -0.15) is 9.97 Å². The molecule has 3 rings (SSSR count). The average molecular weight is 324 g/mol. The van der Waals surface area contributed by atoms with E-state index in [0.29, 0.717) is 11.9 Å². The second kappa shape index (κ2) is 5.92. The molecule has 2 heterocycles. The Hall–Kier alpha value is -2.55. The van der Waals surface area contributed by atoms with E-state index < -0.39 is 17.5 Å². The van der Waals surface area contributed by atoms with Crippen LogP contribution in [0.5, 0.6) is 0 Å². The Labute approximate surface area is 130 Å². The summed E-state index contributed by atoms with van der Waals surface area (Å²) in [5, 5.41) is 5.84. The van der Waals surface area contributed by atoms with Crippen LogP contribution in [-0.4, -0.2) is 36.1 Å². The summed E-state index contributed by atoms with van der Waals surface area (Å²) in [5.74, 6) is -3.18. The molecule has 1 aliphatic heterocycles. The van der Waals surface area contributed by atoms with Crippen LogP contribution in [0.25, 0.3) is 0 Å². The Bertz CT molecular complexity index is 709. The first-order chi connectivity index (χ1) is 11.0. The number of anilines is 4. The lowest BCUT2D eigenvalue weighted by Crippen LogP contribution is -2.57. The minimum absolute atomic E-state index is 0.0287. The molecule has 1 aliphatic rings. The van der Waals surface area contributed by atoms with Crippen LogP contribution in [0, 0.1) is 17.5 Å². The molecule has 0 aliphatic carbocycles. The smallest absolute Gasteiger partial charge is 0.223 e. The molecule has 0 radical (unpaired) electrons. The van der Waals surface area contributed by atoms with E-state index in [1.165, 1.54) is 0 Å². The molecule has 0 spiro atoms. The van der Waals surface area contributed by atoms with Gasteiger partial charge in [0.05, 0.1) is 0 Å². The molecular formula is C14H15F3N6. The molecule has 23 heavy (non-hydrogen) atoms. The first kappa shape index (κ1) is 15.3. The maximum absolute atomic E-state index is 13.2. The summed E-state index contributed by atoms with van der Waals surface area (Å²) in [7, 11) is 1.88. The van der Waals surface area contributed by atoms with Crippen molar-refractivity contribution in [2.45, 2.75) is 6.04 Å². The summed E-state index contributed by atoms with van der Waals surface area (Å²) in [5.41, 5.74) is 5.70.